The van der Waals surface area contributed by atoms with Crippen LogP contribution in [0.4, 0.5) is 19.0 Å². The molecule has 126 valence electrons. The van der Waals surface area contributed by atoms with Crippen molar-refractivity contribution in [2.45, 2.75) is 11.1 Å². The van der Waals surface area contributed by atoms with Gasteiger partial charge in [0.1, 0.15) is 21.0 Å². The van der Waals surface area contributed by atoms with Gasteiger partial charge in [0.15, 0.2) is 9.84 Å². The van der Waals surface area contributed by atoms with Crippen LogP contribution in [0.1, 0.15) is 5.56 Å². The Morgan fingerprint density at radius 1 is 1.26 bits per heavy atom. The summed E-state index contributed by atoms with van der Waals surface area (Å²) in [5, 5.41) is 3.07. The number of benzene rings is 1. The van der Waals surface area contributed by atoms with Gasteiger partial charge in [-0.2, -0.15) is 18.3 Å². The van der Waals surface area contributed by atoms with Crippen LogP contribution in [0.15, 0.2) is 21.6 Å². The quantitative estimate of drug-likeness (QED) is 0.748. The lowest BCUT2D eigenvalue weighted by Gasteiger charge is -2.13. The van der Waals surface area contributed by atoms with Gasteiger partial charge in [-0.1, -0.05) is 23.2 Å². The Balaban J connectivity index is 2.75. The van der Waals surface area contributed by atoms with E-state index in [2.05, 4.69) is 21.0 Å². The van der Waals surface area contributed by atoms with Crippen LogP contribution in [0.25, 0.3) is 5.69 Å². The summed E-state index contributed by atoms with van der Waals surface area (Å²) in [6.07, 6.45) is -3.73. The van der Waals surface area contributed by atoms with Gasteiger partial charge >= 0.3 is 6.18 Å². The Hall–Kier alpha value is -0.970. The maximum Gasteiger partial charge on any atom is 0.416 e. The number of nitrogens with zero attached hydrogens (tertiary/aromatic N) is 2. The van der Waals surface area contributed by atoms with E-state index in [1.165, 1.54) is 0 Å². The van der Waals surface area contributed by atoms with Crippen molar-refractivity contribution < 1.29 is 21.6 Å². The number of nitrogens with two attached hydrogens (primary N) is 1. The van der Waals surface area contributed by atoms with Gasteiger partial charge in [0.2, 0.25) is 0 Å². The first-order valence-electron chi connectivity index (χ1n) is 5.64. The monoisotopic (exact) mass is 451 g/mol. The molecule has 2 rings (SSSR count). The first kappa shape index (κ1) is 18.4. The third kappa shape index (κ3) is 3.44. The van der Waals surface area contributed by atoms with Gasteiger partial charge < -0.3 is 5.73 Å². The summed E-state index contributed by atoms with van der Waals surface area (Å²) in [5.41, 5.74) is 4.53. The van der Waals surface area contributed by atoms with E-state index in [0.717, 1.165) is 10.9 Å². The zero-order chi connectivity index (χ0) is 17.7. The van der Waals surface area contributed by atoms with Crippen molar-refractivity contribution in [1.82, 2.24) is 9.78 Å². The molecule has 0 bridgehead atoms. The highest BCUT2D eigenvalue weighted by atomic mass is 79.9. The summed E-state index contributed by atoms with van der Waals surface area (Å²) < 4.78 is 62.4. The molecule has 0 atom stereocenters. The molecule has 2 N–H and O–H groups in total. The van der Waals surface area contributed by atoms with Gasteiger partial charge in [-0.25, -0.2) is 13.1 Å². The molecule has 1 aromatic heterocycles. The Bertz CT molecular complexity index is 874. The van der Waals surface area contributed by atoms with E-state index < -0.39 is 21.6 Å². The Morgan fingerprint density at radius 2 is 1.74 bits per heavy atom. The standard InChI is InChI=1S/C11H7BrCl2F3N3O2S/c1-23(21,22)8-9(12)19-20(10(8)18)7-5(13)2-4(3-6(7)14)11(15,16)17/h2-3H,18H2,1H3. The third-order valence-corrected chi connectivity index (χ3v) is 5.30. The lowest BCUT2D eigenvalue weighted by molar-refractivity contribution is -0.137. The van der Waals surface area contributed by atoms with Crippen LogP contribution >= 0.6 is 39.1 Å². The molecule has 1 heterocycles. The maximum absolute atomic E-state index is 12.7. The first-order chi connectivity index (χ1) is 10.3. The second-order valence-corrected chi connectivity index (χ2v) is 7.99. The molecule has 0 radical (unpaired) electrons. The molecule has 12 heteroatoms. The summed E-state index contributed by atoms with van der Waals surface area (Å²) in [4.78, 5) is -0.315. The molecule has 0 unspecified atom stereocenters. The van der Waals surface area contributed by atoms with Crippen molar-refractivity contribution in [2.24, 2.45) is 0 Å². The molecule has 0 saturated carbocycles. The minimum atomic E-state index is -4.64. The van der Waals surface area contributed by atoms with Crippen LogP contribution in [0.5, 0.6) is 0 Å². The topological polar surface area (TPSA) is 78.0 Å². The fourth-order valence-electron chi connectivity index (χ4n) is 1.83. The molecule has 5 nitrogen and oxygen atoms in total. The molecule has 0 aliphatic carbocycles. The lowest BCUT2D eigenvalue weighted by atomic mass is 10.2. The summed E-state index contributed by atoms with van der Waals surface area (Å²) in [7, 11) is -3.73. The molecule has 0 fully saturated rings. The maximum atomic E-state index is 12.7. The summed E-state index contributed by atoms with van der Waals surface area (Å²) in [5.74, 6) is -0.331. The molecule has 2 aromatic rings. The van der Waals surface area contributed by atoms with Crippen LogP contribution in [0.3, 0.4) is 0 Å². The van der Waals surface area contributed by atoms with Crippen LogP contribution in [0, 0.1) is 0 Å². The number of nitrogen functional groups attached to an aromatic ring is 1. The minimum Gasteiger partial charge on any atom is -0.382 e. The largest absolute Gasteiger partial charge is 0.416 e. The smallest absolute Gasteiger partial charge is 0.382 e. The van der Waals surface area contributed by atoms with Gasteiger partial charge in [-0.05, 0) is 28.1 Å². The van der Waals surface area contributed by atoms with Gasteiger partial charge in [-0.15, -0.1) is 0 Å². The number of aromatic nitrogens is 2. The van der Waals surface area contributed by atoms with Crippen molar-refractivity contribution in [3.8, 4) is 5.69 Å². The Kier molecular flexibility index (Phi) is 4.66. The summed E-state index contributed by atoms with van der Waals surface area (Å²) in [6.45, 7) is 0. The second kappa shape index (κ2) is 5.83. The van der Waals surface area contributed by atoms with E-state index in [1.54, 1.807) is 0 Å². The van der Waals surface area contributed by atoms with E-state index in [-0.39, 0.29) is 31.0 Å². The lowest BCUT2D eigenvalue weighted by Crippen LogP contribution is -2.09. The van der Waals surface area contributed by atoms with Gasteiger partial charge in [0, 0.05) is 6.26 Å². The van der Waals surface area contributed by atoms with Crippen LogP contribution in [0.2, 0.25) is 10.0 Å². The average Bonchev–Trinajstić information content (AvgIpc) is 2.62. The highest BCUT2D eigenvalue weighted by Gasteiger charge is 2.33. The number of rotatable bonds is 2. The summed E-state index contributed by atoms with van der Waals surface area (Å²) >= 11 is 14.7. The van der Waals surface area contributed by atoms with Crippen LogP contribution < -0.4 is 5.73 Å². The van der Waals surface area contributed by atoms with E-state index in [4.69, 9.17) is 28.9 Å². The SMILES string of the molecule is CS(=O)(=O)c1c(Br)nn(-c2c(Cl)cc(C(F)(F)F)cc2Cl)c1N. The molecule has 0 aliphatic rings. The zero-order valence-corrected chi connectivity index (χ0v) is 15.0. The Labute approximate surface area is 147 Å². The predicted molar refractivity (Wildman–Crippen MR) is 83.8 cm³/mol. The van der Waals surface area contributed by atoms with Crippen molar-refractivity contribution in [3.05, 3.63) is 32.3 Å². The molecule has 0 amide bonds. The average molecular weight is 453 g/mol. The number of hydrogen-bond acceptors (Lipinski definition) is 4. The Morgan fingerprint density at radius 3 is 2.09 bits per heavy atom. The number of sulfone groups is 1. The normalized spacial score (nSPS) is 12.7. The molecule has 1 aromatic carbocycles. The number of halogens is 6. The number of alkyl halides is 3. The number of anilines is 1. The van der Waals surface area contributed by atoms with Gasteiger partial charge in [0.25, 0.3) is 0 Å². The van der Waals surface area contributed by atoms with Gasteiger partial charge in [0.05, 0.1) is 15.6 Å². The van der Waals surface area contributed by atoms with Crippen molar-refractivity contribution in [2.75, 3.05) is 12.0 Å². The molecule has 0 aliphatic heterocycles. The molecular formula is C11H7BrCl2F3N3O2S. The predicted octanol–water partition coefficient (Wildman–Crippen LogP) is 3.95. The van der Waals surface area contributed by atoms with Crippen molar-refractivity contribution >= 4 is 54.8 Å². The summed E-state index contributed by atoms with van der Waals surface area (Å²) in [6, 6.07) is 1.30. The number of hydrogen-bond donors (Lipinski definition) is 1. The fourth-order valence-corrected chi connectivity index (χ4v) is 4.54. The van der Waals surface area contributed by atoms with E-state index in [0.29, 0.717) is 12.1 Å². The second-order valence-electron chi connectivity index (χ2n) is 4.48. The highest BCUT2D eigenvalue weighted by molar-refractivity contribution is 9.10. The zero-order valence-electron chi connectivity index (χ0n) is 11.1. The third-order valence-electron chi connectivity index (χ3n) is 2.76. The van der Waals surface area contributed by atoms with Gasteiger partial charge in [-0.3, -0.25) is 0 Å². The molecule has 23 heavy (non-hydrogen) atoms. The highest BCUT2D eigenvalue weighted by Crippen LogP contribution is 2.39. The minimum absolute atomic E-state index is 0.107. The van der Waals surface area contributed by atoms with Crippen molar-refractivity contribution in [3.63, 3.8) is 0 Å². The van der Waals surface area contributed by atoms with E-state index in [1.807, 2.05) is 0 Å². The van der Waals surface area contributed by atoms with E-state index in [9.17, 15) is 21.6 Å². The fraction of sp³-hybridized carbons (Fsp3) is 0.182. The molecule has 0 saturated heterocycles. The van der Waals surface area contributed by atoms with Crippen molar-refractivity contribution in [1.29, 1.82) is 0 Å². The molecular weight excluding hydrogens is 446 g/mol. The van der Waals surface area contributed by atoms with E-state index >= 15 is 0 Å². The molecule has 0 spiro atoms. The van der Waals surface area contributed by atoms with Crippen LogP contribution in [-0.2, 0) is 16.0 Å². The van der Waals surface area contributed by atoms with Crippen LogP contribution in [-0.4, -0.2) is 24.5 Å². The first-order valence-corrected chi connectivity index (χ1v) is 9.08.